The summed E-state index contributed by atoms with van der Waals surface area (Å²) < 4.78 is 56.4. The molecule has 0 radical (unpaired) electrons. The van der Waals surface area contributed by atoms with Crippen LogP contribution in [0.2, 0.25) is 15.1 Å². The molecule has 0 amide bonds. The van der Waals surface area contributed by atoms with E-state index in [4.69, 9.17) is 44.3 Å². The number of thiazole rings is 1. The van der Waals surface area contributed by atoms with Crippen LogP contribution < -0.4 is 19.6 Å². The molecule has 0 bridgehead atoms. The van der Waals surface area contributed by atoms with Gasteiger partial charge in [-0.05, 0) is 105 Å². The van der Waals surface area contributed by atoms with Gasteiger partial charge in [0.2, 0.25) is 0 Å². The van der Waals surface area contributed by atoms with E-state index in [9.17, 15) is 22.8 Å². The number of fused-ring (bicyclic) bond motifs is 1. The molecule has 45 heavy (non-hydrogen) atoms. The predicted octanol–water partition coefficient (Wildman–Crippen LogP) is 8.25. The third-order valence-electron chi connectivity index (χ3n) is 6.47. The highest BCUT2D eigenvalue weighted by Crippen LogP contribution is 2.39. The van der Waals surface area contributed by atoms with Gasteiger partial charge in [0.25, 0.3) is 5.56 Å². The maximum absolute atomic E-state index is 14.3. The summed E-state index contributed by atoms with van der Waals surface area (Å²) in [4.78, 5) is 30.4. The summed E-state index contributed by atoms with van der Waals surface area (Å²) >= 11 is 24.5. The van der Waals surface area contributed by atoms with Crippen LogP contribution in [0.1, 0.15) is 29.7 Å². The van der Waals surface area contributed by atoms with Crippen LogP contribution in [0.4, 0.5) is 13.2 Å². The molecule has 4 aromatic rings. The fourth-order valence-corrected chi connectivity index (χ4v) is 7.75. The van der Waals surface area contributed by atoms with Gasteiger partial charge in [-0.3, -0.25) is 9.36 Å². The minimum atomic E-state index is -5.00. The number of carbonyl (C=O) groups excluding carboxylic acids is 1. The van der Waals surface area contributed by atoms with Gasteiger partial charge in [-0.15, -0.1) is 0 Å². The zero-order chi connectivity index (χ0) is 32.6. The number of hydrogen-bond acceptors (Lipinski definition) is 6. The van der Waals surface area contributed by atoms with E-state index in [2.05, 4.69) is 43.5 Å². The molecule has 5 rings (SSSR count). The van der Waals surface area contributed by atoms with Crippen LogP contribution in [0, 0.1) is 3.57 Å². The zero-order valence-electron chi connectivity index (χ0n) is 22.7. The minimum Gasteiger partial charge on any atom is -0.487 e. The van der Waals surface area contributed by atoms with E-state index < -0.39 is 35.0 Å². The average Bonchev–Trinajstić information content (AvgIpc) is 3.28. The Kier molecular flexibility index (Phi) is 10.4. The summed E-state index contributed by atoms with van der Waals surface area (Å²) in [5.74, 6) is -0.685. The number of allylic oxidation sites excluding steroid dienone is 1. The second-order valence-electron chi connectivity index (χ2n) is 9.47. The van der Waals surface area contributed by atoms with Crippen molar-refractivity contribution in [2.45, 2.75) is 25.7 Å². The van der Waals surface area contributed by atoms with E-state index in [0.717, 1.165) is 21.5 Å². The van der Waals surface area contributed by atoms with Crippen LogP contribution in [0.15, 0.2) is 80.1 Å². The van der Waals surface area contributed by atoms with Crippen LogP contribution in [-0.4, -0.2) is 23.3 Å². The summed E-state index contributed by atoms with van der Waals surface area (Å²) in [6.45, 7) is 1.51. The maximum Gasteiger partial charge on any atom is 0.434 e. The number of halogens is 8. The van der Waals surface area contributed by atoms with Crippen molar-refractivity contribution in [1.82, 2.24) is 4.57 Å². The second kappa shape index (κ2) is 13.8. The Morgan fingerprint density at radius 3 is 2.44 bits per heavy atom. The Balaban J connectivity index is 1.60. The Morgan fingerprint density at radius 2 is 1.82 bits per heavy atom. The lowest BCUT2D eigenvalue weighted by molar-refractivity contribution is -0.140. The van der Waals surface area contributed by atoms with E-state index in [1.807, 2.05) is 0 Å². The standard InChI is InChI=1S/C30H18BrCl3F3IN2O4S/c1-2-43-28(42)23-24(16-4-6-17(32)7-5-16)40-27(41)22(45-29(40)39-26(23)30(35,36)37)12-15-9-18(31)25(21(38)11-15)44-13-14-3-8-19(33)20(34)10-14/h3-12,24H,2,13H2,1H3/b22-12-/t24-/m1/s1. The number of rotatable bonds is 7. The molecule has 1 atom stereocenters. The molecule has 0 unspecified atom stereocenters. The highest BCUT2D eigenvalue weighted by atomic mass is 127. The van der Waals surface area contributed by atoms with E-state index >= 15 is 0 Å². The van der Waals surface area contributed by atoms with Gasteiger partial charge in [0.15, 0.2) is 10.5 Å². The second-order valence-corrected chi connectivity index (χ2v) is 13.7. The van der Waals surface area contributed by atoms with Crippen LogP contribution >= 0.6 is 84.7 Å². The number of esters is 1. The maximum atomic E-state index is 14.3. The molecule has 6 nitrogen and oxygen atoms in total. The first-order valence-electron chi connectivity index (χ1n) is 12.9. The molecule has 3 aromatic carbocycles. The van der Waals surface area contributed by atoms with Gasteiger partial charge < -0.3 is 9.47 Å². The Bertz CT molecular complexity index is 2010. The van der Waals surface area contributed by atoms with Crippen LogP contribution in [0.25, 0.3) is 6.08 Å². The van der Waals surface area contributed by atoms with E-state index in [1.54, 1.807) is 36.4 Å². The topological polar surface area (TPSA) is 69.9 Å². The molecule has 0 aliphatic carbocycles. The summed E-state index contributed by atoms with van der Waals surface area (Å²) in [6.07, 6.45) is -3.46. The van der Waals surface area contributed by atoms with Crippen molar-refractivity contribution in [1.29, 1.82) is 0 Å². The van der Waals surface area contributed by atoms with Crippen molar-refractivity contribution in [3.63, 3.8) is 0 Å². The number of benzene rings is 3. The molecule has 2 heterocycles. The first kappa shape index (κ1) is 34.0. The molecule has 234 valence electrons. The monoisotopic (exact) mass is 870 g/mol. The molecule has 1 aliphatic rings. The van der Waals surface area contributed by atoms with Crippen LogP contribution in [0.3, 0.4) is 0 Å². The lowest BCUT2D eigenvalue weighted by Gasteiger charge is -2.26. The average molecular weight is 873 g/mol. The van der Waals surface area contributed by atoms with E-state index in [0.29, 0.717) is 34.4 Å². The molecule has 0 fully saturated rings. The van der Waals surface area contributed by atoms with Gasteiger partial charge in [-0.25, -0.2) is 9.79 Å². The SMILES string of the molecule is CCOC(=O)C1=C(C(F)(F)F)N=c2s/c(=C\c3cc(Br)c(OCc4ccc(Cl)c(Cl)c4)c(I)c3)c(=O)n2[C@@H]1c1ccc(Cl)cc1. The summed E-state index contributed by atoms with van der Waals surface area (Å²) in [6, 6.07) is 13.0. The van der Waals surface area contributed by atoms with Gasteiger partial charge in [-0.2, -0.15) is 13.2 Å². The van der Waals surface area contributed by atoms with E-state index in [-0.39, 0.29) is 28.1 Å². The van der Waals surface area contributed by atoms with Gasteiger partial charge >= 0.3 is 12.1 Å². The fraction of sp³-hybridized carbons (Fsp3) is 0.167. The number of nitrogens with zero attached hydrogens (tertiary/aromatic N) is 2. The van der Waals surface area contributed by atoms with Gasteiger partial charge in [-0.1, -0.05) is 64.3 Å². The summed E-state index contributed by atoms with van der Waals surface area (Å²) in [5.41, 5.74) is -1.24. The fourth-order valence-electron chi connectivity index (χ4n) is 4.54. The Morgan fingerprint density at radius 1 is 1.11 bits per heavy atom. The largest absolute Gasteiger partial charge is 0.487 e. The lowest BCUT2D eigenvalue weighted by Crippen LogP contribution is -2.41. The molecule has 1 aliphatic heterocycles. The third kappa shape index (κ3) is 7.31. The van der Waals surface area contributed by atoms with Gasteiger partial charge in [0, 0.05) is 5.02 Å². The van der Waals surface area contributed by atoms with Crippen molar-refractivity contribution in [2.24, 2.45) is 4.99 Å². The van der Waals surface area contributed by atoms with Crippen molar-refractivity contribution in [3.05, 3.63) is 125 Å². The molecule has 0 saturated carbocycles. The van der Waals surface area contributed by atoms with Crippen molar-refractivity contribution < 1.29 is 27.4 Å². The quantitative estimate of drug-likeness (QED) is 0.139. The molecule has 0 spiro atoms. The van der Waals surface area contributed by atoms with Crippen molar-refractivity contribution >= 4 is 96.7 Å². The Hall–Kier alpha value is -2.36. The highest BCUT2D eigenvalue weighted by Gasteiger charge is 2.45. The van der Waals surface area contributed by atoms with Crippen LogP contribution in [0.5, 0.6) is 5.75 Å². The summed E-state index contributed by atoms with van der Waals surface area (Å²) in [7, 11) is 0. The predicted molar refractivity (Wildman–Crippen MR) is 180 cm³/mol. The Labute approximate surface area is 295 Å². The molecule has 0 N–H and O–H groups in total. The highest BCUT2D eigenvalue weighted by molar-refractivity contribution is 14.1. The molecule has 15 heteroatoms. The van der Waals surface area contributed by atoms with E-state index in [1.165, 1.54) is 31.2 Å². The third-order valence-corrected chi connectivity index (χ3v) is 9.83. The first-order chi connectivity index (χ1) is 21.3. The number of aromatic nitrogens is 1. The molecular weight excluding hydrogens is 855 g/mol. The summed E-state index contributed by atoms with van der Waals surface area (Å²) in [5, 5.41) is 1.16. The van der Waals surface area contributed by atoms with Crippen LogP contribution in [-0.2, 0) is 16.1 Å². The molecule has 0 saturated heterocycles. The molecule has 1 aromatic heterocycles. The smallest absolute Gasteiger partial charge is 0.434 e. The number of carbonyl (C=O) groups is 1. The normalized spacial score (nSPS) is 15.1. The number of hydrogen-bond donors (Lipinski definition) is 0. The first-order valence-corrected chi connectivity index (χ1v) is 16.7. The molecular formula is C30H18BrCl3F3IN2O4S. The van der Waals surface area contributed by atoms with Gasteiger partial charge in [0.05, 0.1) is 40.8 Å². The minimum absolute atomic E-state index is 0.103. The number of alkyl halides is 3. The van der Waals surface area contributed by atoms with Crippen molar-refractivity contribution in [2.75, 3.05) is 6.61 Å². The lowest BCUT2D eigenvalue weighted by atomic mass is 9.95. The van der Waals surface area contributed by atoms with Gasteiger partial charge in [0.1, 0.15) is 12.4 Å². The zero-order valence-corrected chi connectivity index (χ0v) is 29.6. The van der Waals surface area contributed by atoms with Crippen molar-refractivity contribution in [3.8, 4) is 5.75 Å². The number of ether oxygens (including phenoxy) is 2.